The molecule has 1 aliphatic heterocycles. The molecule has 2 N–H and O–H groups in total. The number of methoxy groups -OCH3 is 1. The molecule has 3 heterocycles. The Hall–Kier alpha value is -3.24. The van der Waals surface area contributed by atoms with Gasteiger partial charge in [-0.2, -0.15) is 0 Å². The molecule has 0 saturated carbocycles. The minimum atomic E-state index is -0.938. The van der Waals surface area contributed by atoms with E-state index in [0.717, 1.165) is 0 Å². The van der Waals surface area contributed by atoms with Crippen LogP contribution in [-0.4, -0.2) is 39.0 Å². The van der Waals surface area contributed by atoms with Crippen LogP contribution < -0.4 is 9.64 Å². The molecule has 0 aliphatic carbocycles. The number of phenols is 1. The molecule has 4 rings (SSSR count). The number of aromatic nitrogens is 2. The first-order chi connectivity index (χ1) is 14.3. The third kappa shape index (κ3) is 3.14. The number of anilines is 1. The second-order valence-corrected chi connectivity index (χ2v) is 8.64. The van der Waals surface area contributed by atoms with Gasteiger partial charge in [0.2, 0.25) is 5.78 Å². The number of aliphatic hydroxyl groups excluding tert-OH is 1. The quantitative estimate of drug-likeness (QED) is 0.578. The van der Waals surface area contributed by atoms with Crippen LogP contribution in [0.3, 0.4) is 0 Å². The first kappa shape index (κ1) is 20.0. The van der Waals surface area contributed by atoms with Crippen LogP contribution in [0.1, 0.15) is 32.0 Å². The van der Waals surface area contributed by atoms with E-state index in [9.17, 15) is 19.8 Å². The Bertz CT molecular complexity index is 1180. The number of ether oxygens (including phenoxy) is 1. The second kappa shape index (κ2) is 7.54. The van der Waals surface area contributed by atoms with Crippen molar-refractivity contribution in [3.05, 3.63) is 62.3 Å². The molecule has 8 nitrogen and oxygen atoms in total. The first-order valence-corrected chi connectivity index (χ1v) is 10.5. The van der Waals surface area contributed by atoms with Gasteiger partial charge in [0, 0.05) is 11.6 Å². The summed E-state index contributed by atoms with van der Waals surface area (Å²) in [5, 5.41) is 23.4. The van der Waals surface area contributed by atoms with E-state index in [4.69, 9.17) is 4.74 Å². The van der Waals surface area contributed by atoms with Gasteiger partial charge in [0.15, 0.2) is 22.4 Å². The zero-order chi connectivity index (χ0) is 21.6. The summed E-state index contributed by atoms with van der Waals surface area (Å²) in [5.41, 5.74) is 0.958. The van der Waals surface area contributed by atoms with Crippen LogP contribution in [-0.2, 0) is 4.79 Å². The lowest BCUT2D eigenvalue weighted by atomic mass is 9.95. The van der Waals surface area contributed by atoms with Gasteiger partial charge in [-0.3, -0.25) is 14.5 Å². The van der Waals surface area contributed by atoms with Crippen LogP contribution in [0, 0.1) is 13.8 Å². The summed E-state index contributed by atoms with van der Waals surface area (Å²) in [6.45, 7) is 3.50. The van der Waals surface area contributed by atoms with Crippen molar-refractivity contribution < 1.29 is 24.5 Å². The Morgan fingerprint density at radius 1 is 1.27 bits per heavy atom. The van der Waals surface area contributed by atoms with Gasteiger partial charge in [0.1, 0.15) is 0 Å². The second-order valence-electron chi connectivity index (χ2n) is 6.56. The van der Waals surface area contributed by atoms with Gasteiger partial charge < -0.3 is 14.9 Å². The molecule has 30 heavy (non-hydrogen) atoms. The number of aromatic hydroxyl groups is 1. The molecule has 3 aromatic rings. The predicted octanol–water partition coefficient (Wildman–Crippen LogP) is 3.71. The van der Waals surface area contributed by atoms with Crippen LogP contribution in [0.25, 0.3) is 0 Å². The Labute approximate surface area is 179 Å². The molecule has 1 aromatic carbocycles. The number of carbonyl (C=O) groups excluding carboxylic acids is 2. The average Bonchev–Trinajstić information content (AvgIpc) is 3.41. The van der Waals surface area contributed by atoms with Gasteiger partial charge in [0.05, 0.1) is 34.3 Å². The maximum absolute atomic E-state index is 13.4. The zero-order valence-electron chi connectivity index (χ0n) is 16.2. The number of phenolic OH excluding ortho intramolecular Hbond substituents is 1. The van der Waals surface area contributed by atoms with Crippen molar-refractivity contribution in [1.82, 2.24) is 9.97 Å². The summed E-state index contributed by atoms with van der Waals surface area (Å²) in [6.07, 6.45) is 1.54. The molecular formula is C20H17N3O5S2. The van der Waals surface area contributed by atoms with Gasteiger partial charge >= 0.3 is 0 Å². The maximum Gasteiger partial charge on any atom is 0.296 e. The first-order valence-electron chi connectivity index (χ1n) is 8.85. The third-order valence-electron chi connectivity index (χ3n) is 4.71. The molecule has 1 unspecified atom stereocenters. The standard InChI is InChI=1S/C20H17N3O5S2/c1-9-18(30-10(2)22-9)16(25)14-15(11-4-5-12(24)13(8-11)28-3)23(19(27)17(14)26)20-21-6-7-29-20/h4-8,15,24,26H,1-3H3. The zero-order valence-corrected chi connectivity index (χ0v) is 17.9. The summed E-state index contributed by atoms with van der Waals surface area (Å²) in [7, 11) is 1.40. The van der Waals surface area contributed by atoms with E-state index in [2.05, 4.69) is 9.97 Å². The van der Waals surface area contributed by atoms with Crippen LogP contribution in [0.5, 0.6) is 11.5 Å². The van der Waals surface area contributed by atoms with Gasteiger partial charge in [-0.05, 0) is 31.5 Å². The number of aliphatic hydroxyl groups is 1. The largest absolute Gasteiger partial charge is 0.504 e. The van der Waals surface area contributed by atoms with Crippen molar-refractivity contribution in [2.75, 3.05) is 12.0 Å². The lowest BCUT2D eigenvalue weighted by Gasteiger charge is -2.24. The summed E-state index contributed by atoms with van der Waals surface area (Å²) in [5.74, 6) is -1.72. The highest BCUT2D eigenvalue weighted by atomic mass is 32.1. The molecule has 0 saturated heterocycles. The topological polar surface area (TPSA) is 113 Å². The van der Waals surface area contributed by atoms with Gasteiger partial charge in [-0.25, -0.2) is 9.97 Å². The van der Waals surface area contributed by atoms with Crippen molar-refractivity contribution in [2.24, 2.45) is 0 Å². The Morgan fingerprint density at radius 2 is 2.03 bits per heavy atom. The fourth-order valence-corrected chi connectivity index (χ4v) is 4.95. The Balaban J connectivity index is 1.91. The molecule has 0 spiro atoms. The number of nitrogens with zero attached hydrogens (tertiary/aromatic N) is 3. The highest BCUT2D eigenvalue weighted by molar-refractivity contribution is 7.14. The maximum atomic E-state index is 13.4. The Kier molecular flexibility index (Phi) is 5.04. The number of rotatable bonds is 5. The van der Waals surface area contributed by atoms with E-state index < -0.39 is 23.5 Å². The van der Waals surface area contributed by atoms with Crippen molar-refractivity contribution in [1.29, 1.82) is 0 Å². The van der Waals surface area contributed by atoms with Gasteiger partial charge in [0.25, 0.3) is 5.91 Å². The number of benzene rings is 1. The lowest BCUT2D eigenvalue weighted by Crippen LogP contribution is -2.31. The number of aryl methyl sites for hydroxylation is 2. The van der Waals surface area contributed by atoms with Crippen molar-refractivity contribution in [3.63, 3.8) is 0 Å². The smallest absolute Gasteiger partial charge is 0.296 e. The number of hydrogen-bond acceptors (Lipinski definition) is 9. The highest BCUT2D eigenvalue weighted by Crippen LogP contribution is 2.44. The molecule has 10 heteroatoms. The number of amides is 1. The Morgan fingerprint density at radius 3 is 2.63 bits per heavy atom. The molecule has 0 fully saturated rings. The number of carbonyl (C=O) groups is 2. The van der Waals surface area contributed by atoms with E-state index in [-0.39, 0.29) is 17.1 Å². The molecule has 1 amide bonds. The third-order valence-corrected chi connectivity index (χ3v) is 6.55. The van der Waals surface area contributed by atoms with E-state index in [1.165, 1.54) is 53.0 Å². The summed E-state index contributed by atoms with van der Waals surface area (Å²) < 4.78 is 5.19. The van der Waals surface area contributed by atoms with Gasteiger partial charge in [-0.1, -0.05) is 6.07 Å². The number of Topliss-reactive ketones (excluding diaryl/α,β-unsaturated/α-hetero) is 1. The predicted molar refractivity (Wildman–Crippen MR) is 113 cm³/mol. The average molecular weight is 444 g/mol. The monoisotopic (exact) mass is 443 g/mol. The van der Waals surface area contributed by atoms with Crippen LogP contribution in [0.2, 0.25) is 0 Å². The van der Waals surface area contributed by atoms with E-state index in [1.807, 2.05) is 0 Å². The molecule has 0 bridgehead atoms. The fraction of sp³-hybridized carbons (Fsp3) is 0.200. The summed E-state index contributed by atoms with van der Waals surface area (Å²) >= 11 is 2.41. The molecule has 1 aliphatic rings. The lowest BCUT2D eigenvalue weighted by molar-refractivity contribution is -0.117. The van der Waals surface area contributed by atoms with Crippen molar-refractivity contribution in [2.45, 2.75) is 19.9 Å². The highest BCUT2D eigenvalue weighted by Gasteiger charge is 2.46. The van der Waals surface area contributed by atoms with Crippen molar-refractivity contribution in [3.8, 4) is 11.5 Å². The van der Waals surface area contributed by atoms with E-state index in [0.29, 0.717) is 26.3 Å². The van der Waals surface area contributed by atoms with E-state index in [1.54, 1.807) is 25.3 Å². The molecule has 154 valence electrons. The molecule has 1 atom stereocenters. The number of hydrogen-bond donors (Lipinski definition) is 2. The summed E-state index contributed by atoms with van der Waals surface area (Å²) in [4.78, 5) is 36.5. The van der Waals surface area contributed by atoms with Crippen LogP contribution in [0.4, 0.5) is 5.13 Å². The minimum absolute atomic E-state index is 0.0605. The molecule has 0 radical (unpaired) electrons. The SMILES string of the molecule is COc1cc(C2C(C(=O)c3sc(C)nc3C)=C(O)C(=O)N2c2nccs2)ccc1O. The fourth-order valence-electron chi connectivity index (χ4n) is 3.41. The molecule has 2 aromatic heterocycles. The molecular weight excluding hydrogens is 426 g/mol. The van der Waals surface area contributed by atoms with Gasteiger partial charge in [-0.15, -0.1) is 22.7 Å². The summed E-state index contributed by atoms with van der Waals surface area (Å²) in [6, 6.07) is 3.59. The van der Waals surface area contributed by atoms with Crippen molar-refractivity contribution >= 4 is 39.5 Å². The normalized spacial score (nSPS) is 16.4. The number of thiazole rings is 2. The van der Waals surface area contributed by atoms with Crippen LogP contribution in [0.15, 0.2) is 41.1 Å². The minimum Gasteiger partial charge on any atom is -0.504 e. The van der Waals surface area contributed by atoms with E-state index >= 15 is 0 Å². The number of ketones is 1. The van der Waals surface area contributed by atoms with Crippen LogP contribution >= 0.6 is 22.7 Å².